The van der Waals surface area contributed by atoms with Crippen LogP contribution in [0.3, 0.4) is 0 Å². The van der Waals surface area contributed by atoms with Crippen molar-refractivity contribution < 1.29 is 9.18 Å². The first-order valence-electron chi connectivity index (χ1n) is 6.31. The van der Waals surface area contributed by atoms with Gasteiger partial charge in [0, 0.05) is 13.1 Å². The van der Waals surface area contributed by atoms with Crippen molar-refractivity contribution >= 4 is 5.91 Å². The van der Waals surface area contributed by atoms with Crippen molar-refractivity contribution in [3.8, 4) is 0 Å². The van der Waals surface area contributed by atoms with E-state index in [1.54, 1.807) is 12.1 Å². The molecule has 18 heavy (non-hydrogen) atoms. The van der Waals surface area contributed by atoms with Crippen LogP contribution in [0.2, 0.25) is 0 Å². The molecule has 1 amide bonds. The Bertz CT molecular complexity index is 365. The van der Waals surface area contributed by atoms with Gasteiger partial charge in [0.15, 0.2) is 0 Å². The number of amides is 1. The molecule has 3 nitrogen and oxygen atoms in total. The molecular formula is C14H21FN2O. The Morgan fingerprint density at radius 1 is 1.33 bits per heavy atom. The predicted molar refractivity (Wildman–Crippen MR) is 70.9 cm³/mol. The molecule has 0 aliphatic rings. The third-order valence-electron chi connectivity index (χ3n) is 2.68. The quantitative estimate of drug-likeness (QED) is 0.803. The van der Waals surface area contributed by atoms with Crippen LogP contribution in [-0.2, 0) is 11.2 Å². The first kappa shape index (κ1) is 14.6. The van der Waals surface area contributed by atoms with E-state index in [2.05, 4.69) is 5.32 Å². The lowest BCUT2D eigenvalue weighted by molar-refractivity contribution is -0.121. The average Bonchev–Trinajstić information content (AvgIpc) is 2.35. The lowest BCUT2D eigenvalue weighted by Crippen LogP contribution is -2.36. The fourth-order valence-electron chi connectivity index (χ4n) is 1.62. The van der Waals surface area contributed by atoms with E-state index in [4.69, 9.17) is 0 Å². The second kappa shape index (κ2) is 7.82. The summed E-state index contributed by atoms with van der Waals surface area (Å²) in [5.41, 5.74) is 1.08. The number of carbonyl (C=O) groups excluding carboxylic acids is 1. The minimum atomic E-state index is -0.217. The molecule has 0 radical (unpaired) electrons. The highest BCUT2D eigenvalue weighted by Crippen LogP contribution is 2.03. The summed E-state index contributed by atoms with van der Waals surface area (Å²) in [7, 11) is 1.91. The van der Waals surface area contributed by atoms with Gasteiger partial charge in [0.1, 0.15) is 5.82 Å². The molecule has 0 atom stereocenters. The Morgan fingerprint density at radius 3 is 2.61 bits per heavy atom. The van der Waals surface area contributed by atoms with E-state index < -0.39 is 0 Å². The van der Waals surface area contributed by atoms with E-state index in [0.717, 1.165) is 31.5 Å². The molecule has 1 N–H and O–H groups in total. The summed E-state index contributed by atoms with van der Waals surface area (Å²) in [6, 6.07) is 6.48. The molecule has 0 heterocycles. The molecule has 100 valence electrons. The smallest absolute Gasteiger partial charge is 0.234 e. The molecule has 0 saturated heterocycles. The van der Waals surface area contributed by atoms with E-state index >= 15 is 0 Å². The number of hydrogen-bond donors (Lipinski definition) is 1. The largest absolute Gasteiger partial charge is 0.355 e. The maximum atomic E-state index is 12.7. The van der Waals surface area contributed by atoms with Crippen molar-refractivity contribution in [2.75, 3.05) is 26.7 Å². The van der Waals surface area contributed by atoms with Crippen LogP contribution in [0.25, 0.3) is 0 Å². The number of hydrogen-bond acceptors (Lipinski definition) is 2. The molecule has 0 unspecified atom stereocenters. The zero-order valence-corrected chi connectivity index (χ0v) is 11.1. The van der Waals surface area contributed by atoms with Crippen LogP contribution in [0.4, 0.5) is 4.39 Å². The summed E-state index contributed by atoms with van der Waals surface area (Å²) in [6.07, 6.45) is 1.77. The Hall–Kier alpha value is -1.42. The Balaban J connectivity index is 2.26. The minimum Gasteiger partial charge on any atom is -0.355 e. The van der Waals surface area contributed by atoms with E-state index in [1.807, 2.05) is 18.9 Å². The molecule has 0 aliphatic carbocycles. The third-order valence-corrected chi connectivity index (χ3v) is 2.68. The summed E-state index contributed by atoms with van der Waals surface area (Å²) in [5.74, 6) is -0.162. The summed E-state index contributed by atoms with van der Waals surface area (Å²) in [5, 5.41) is 2.84. The fraction of sp³-hybridized carbons (Fsp3) is 0.500. The summed E-state index contributed by atoms with van der Waals surface area (Å²) in [4.78, 5) is 13.4. The molecule has 0 bridgehead atoms. The first-order valence-corrected chi connectivity index (χ1v) is 6.31. The molecule has 4 heteroatoms. The molecular weight excluding hydrogens is 231 g/mol. The topological polar surface area (TPSA) is 32.3 Å². The third kappa shape index (κ3) is 5.77. The van der Waals surface area contributed by atoms with E-state index in [1.165, 1.54) is 12.1 Å². The van der Waals surface area contributed by atoms with Crippen molar-refractivity contribution in [3.63, 3.8) is 0 Å². The van der Waals surface area contributed by atoms with Gasteiger partial charge in [0.05, 0.1) is 6.54 Å². The average molecular weight is 252 g/mol. The summed E-state index contributed by atoms with van der Waals surface area (Å²) >= 11 is 0. The van der Waals surface area contributed by atoms with Gasteiger partial charge in [0.25, 0.3) is 0 Å². The van der Waals surface area contributed by atoms with Crippen molar-refractivity contribution in [1.82, 2.24) is 10.2 Å². The lowest BCUT2D eigenvalue weighted by Gasteiger charge is -2.16. The summed E-state index contributed by atoms with van der Waals surface area (Å²) < 4.78 is 12.7. The van der Waals surface area contributed by atoms with Crippen LogP contribution in [0.15, 0.2) is 24.3 Å². The van der Waals surface area contributed by atoms with Gasteiger partial charge >= 0.3 is 0 Å². The highest BCUT2D eigenvalue weighted by Gasteiger charge is 2.05. The molecule has 0 aromatic heterocycles. The van der Waals surface area contributed by atoms with Gasteiger partial charge in [-0.1, -0.05) is 19.1 Å². The minimum absolute atomic E-state index is 0.0541. The zero-order valence-electron chi connectivity index (χ0n) is 11.1. The number of halogens is 1. The van der Waals surface area contributed by atoms with E-state index in [9.17, 15) is 9.18 Å². The number of nitrogens with zero attached hydrogens (tertiary/aromatic N) is 1. The predicted octanol–water partition coefficient (Wildman–Crippen LogP) is 1.83. The number of rotatable bonds is 7. The monoisotopic (exact) mass is 252 g/mol. The maximum Gasteiger partial charge on any atom is 0.234 e. The van der Waals surface area contributed by atoms with Gasteiger partial charge in [-0.05, 0) is 37.6 Å². The Morgan fingerprint density at radius 2 is 2.00 bits per heavy atom. The lowest BCUT2D eigenvalue weighted by atomic mass is 10.1. The van der Waals surface area contributed by atoms with Crippen LogP contribution in [0.5, 0.6) is 0 Å². The summed E-state index contributed by atoms with van der Waals surface area (Å²) in [6.45, 7) is 3.94. The molecule has 1 rings (SSSR count). The van der Waals surface area contributed by atoms with Gasteiger partial charge in [-0.3, -0.25) is 9.69 Å². The maximum absolute atomic E-state index is 12.7. The van der Waals surface area contributed by atoms with Gasteiger partial charge < -0.3 is 5.32 Å². The van der Waals surface area contributed by atoms with Crippen LogP contribution >= 0.6 is 0 Å². The van der Waals surface area contributed by atoms with Crippen molar-refractivity contribution in [3.05, 3.63) is 35.6 Å². The molecule has 1 aromatic carbocycles. The van der Waals surface area contributed by atoms with Gasteiger partial charge in [0.2, 0.25) is 5.91 Å². The highest BCUT2D eigenvalue weighted by atomic mass is 19.1. The van der Waals surface area contributed by atoms with Crippen molar-refractivity contribution in [2.45, 2.75) is 19.8 Å². The number of benzene rings is 1. The number of likely N-dealkylation sites (N-methyl/N-ethyl adjacent to an activating group) is 1. The molecule has 0 spiro atoms. The molecule has 1 aromatic rings. The number of nitrogens with one attached hydrogen (secondary N) is 1. The van der Waals surface area contributed by atoms with Gasteiger partial charge in [-0.15, -0.1) is 0 Å². The zero-order chi connectivity index (χ0) is 13.4. The van der Waals surface area contributed by atoms with Gasteiger partial charge in [-0.2, -0.15) is 0 Å². The second-order valence-corrected chi connectivity index (χ2v) is 4.46. The van der Waals surface area contributed by atoms with Gasteiger partial charge in [-0.25, -0.2) is 4.39 Å². The van der Waals surface area contributed by atoms with Crippen LogP contribution in [-0.4, -0.2) is 37.5 Å². The van der Waals surface area contributed by atoms with E-state index in [-0.39, 0.29) is 11.7 Å². The van der Waals surface area contributed by atoms with Crippen LogP contribution in [0.1, 0.15) is 18.9 Å². The fourth-order valence-corrected chi connectivity index (χ4v) is 1.62. The van der Waals surface area contributed by atoms with Crippen LogP contribution < -0.4 is 5.32 Å². The Labute approximate surface area is 108 Å². The van der Waals surface area contributed by atoms with Crippen LogP contribution in [0, 0.1) is 5.82 Å². The first-order chi connectivity index (χ1) is 8.61. The van der Waals surface area contributed by atoms with Crippen molar-refractivity contribution in [1.29, 1.82) is 0 Å². The molecule has 0 saturated carbocycles. The van der Waals surface area contributed by atoms with Crippen molar-refractivity contribution in [2.24, 2.45) is 0 Å². The Kier molecular flexibility index (Phi) is 6.36. The molecule has 0 aliphatic heterocycles. The van der Waals surface area contributed by atoms with E-state index in [0.29, 0.717) is 6.54 Å². The SMILES string of the molecule is CCCNC(=O)CN(C)CCc1ccc(F)cc1. The molecule has 0 fully saturated rings. The highest BCUT2D eigenvalue weighted by molar-refractivity contribution is 5.77. The number of carbonyl (C=O) groups is 1. The normalized spacial score (nSPS) is 10.7. The second-order valence-electron chi connectivity index (χ2n) is 4.46. The standard InChI is InChI=1S/C14H21FN2O/c1-3-9-16-14(18)11-17(2)10-8-12-4-6-13(15)7-5-12/h4-7H,3,8-11H2,1-2H3,(H,16,18).